The number of nitrogens with zero attached hydrogens (tertiary/aromatic N) is 5. The number of rotatable bonds is 9. The van der Waals surface area contributed by atoms with Gasteiger partial charge >= 0.3 is 0 Å². The number of hydrogen-bond acceptors (Lipinski definition) is 7. The second kappa shape index (κ2) is 10.9. The first-order chi connectivity index (χ1) is 19.1. The molecule has 9 heteroatoms. The van der Waals surface area contributed by atoms with E-state index in [1.807, 2.05) is 54.5 Å². The van der Waals surface area contributed by atoms with Crippen LogP contribution in [0.2, 0.25) is 0 Å². The van der Waals surface area contributed by atoms with Gasteiger partial charge in [0.25, 0.3) is 5.91 Å². The average Bonchev–Trinajstić information content (AvgIpc) is 3.75. The Morgan fingerprint density at radius 3 is 2.67 bits per heavy atom. The minimum atomic E-state index is -0.0994. The van der Waals surface area contributed by atoms with E-state index in [0.29, 0.717) is 47.9 Å². The number of ether oxygens (including phenoxy) is 2. The van der Waals surface area contributed by atoms with Crippen molar-refractivity contribution >= 4 is 22.6 Å². The summed E-state index contributed by atoms with van der Waals surface area (Å²) in [6.07, 6.45) is 8.09. The largest absolute Gasteiger partial charge is 0.497 e. The number of amides is 1. The highest BCUT2D eigenvalue weighted by Gasteiger charge is 2.24. The molecule has 4 aromatic rings. The minimum Gasteiger partial charge on any atom is -0.497 e. The summed E-state index contributed by atoms with van der Waals surface area (Å²) in [5.41, 5.74) is 2.61. The lowest BCUT2D eigenvalue weighted by atomic mass is 9.96. The van der Waals surface area contributed by atoms with Crippen molar-refractivity contribution in [1.82, 2.24) is 25.1 Å². The molecule has 1 aliphatic heterocycles. The molecular weight excluding hydrogens is 492 g/mol. The van der Waals surface area contributed by atoms with Gasteiger partial charge in [0.05, 0.1) is 25.4 Å². The van der Waals surface area contributed by atoms with E-state index in [0.717, 1.165) is 48.2 Å². The number of benzene rings is 2. The van der Waals surface area contributed by atoms with Crippen LogP contribution in [-0.4, -0.2) is 59.0 Å². The Morgan fingerprint density at radius 2 is 1.87 bits per heavy atom. The zero-order valence-corrected chi connectivity index (χ0v) is 22.5. The van der Waals surface area contributed by atoms with Crippen LogP contribution in [0.3, 0.4) is 0 Å². The topological polar surface area (TPSA) is 94.4 Å². The first-order valence-corrected chi connectivity index (χ1v) is 13.7. The molecule has 0 bridgehead atoms. The Morgan fingerprint density at radius 1 is 1.05 bits per heavy atom. The van der Waals surface area contributed by atoms with E-state index in [2.05, 4.69) is 26.4 Å². The maximum atomic E-state index is 13.0. The molecule has 0 spiro atoms. The molecule has 202 valence electrons. The van der Waals surface area contributed by atoms with E-state index in [1.54, 1.807) is 13.2 Å². The van der Waals surface area contributed by atoms with Crippen molar-refractivity contribution in [1.29, 1.82) is 0 Å². The number of aromatic nitrogens is 4. The molecule has 2 fully saturated rings. The van der Waals surface area contributed by atoms with E-state index in [9.17, 15) is 4.79 Å². The quantitative estimate of drug-likeness (QED) is 0.344. The van der Waals surface area contributed by atoms with Gasteiger partial charge in [0, 0.05) is 55.5 Å². The highest BCUT2D eigenvalue weighted by Crippen LogP contribution is 2.31. The molecule has 1 amide bonds. The fourth-order valence-electron chi connectivity index (χ4n) is 5.14. The number of nitrogens with one attached hydrogen (secondary N) is 1. The predicted octanol–water partition coefficient (Wildman–Crippen LogP) is 4.47. The van der Waals surface area contributed by atoms with E-state index in [4.69, 9.17) is 14.5 Å². The Balaban J connectivity index is 1.05. The van der Waals surface area contributed by atoms with Crippen molar-refractivity contribution in [3.63, 3.8) is 0 Å². The molecule has 3 heterocycles. The van der Waals surface area contributed by atoms with E-state index in [-0.39, 0.29) is 5.91 Å². The summed E-state index contributed by atoms with van der Waals surface area (Å²) in [6, 6.07) is 13.5. The lowest BCUT2D eigenvalue weighted by Gasteiger charge is -2.33. The number of hydrogen-bond donors (Lipinski definition) is 1. The highest BCUT2D eigenvalue weighted by atomic mass is 16.5. The van der Waals surface area contributed by atoms with Gasteiger partial charge in [0.1, 0.15) is 17.3 Å². The molecule has 9 nitrogen and oxygen atoms in total. The van der Waals surface area contributed by atoms with Crippen LogP contribution in [0, 0.1) is 11.8 Å². The second-order valence-electron chi connectivity index (χ2n) is 10.5. The maximum Gasteiger partial charge on any atom is 0.251 e. The van der Waals surface area contributed by atoms with Crippen LogP contribution in [0.25, 0.3) is 22.3 Å². The molecule has 0 radical (unpaired) electrons. The molecule has 1 N–H and O–H groups in total. The van der Waals surface area contributed by atoms with Crippen LogP contribution in [0.1, 0.15) is 36.0 Å². The average molecular weight is 527 g/mol. The third-order valence-corrected chi connectivity index (χ3v) is 7.72. The smallest absolute Gasteiger partial charge is 0.251 e. The highest BCUT2D eigenvalue weighted by molar-refractivity contribution is 5.95. The number of aryl methyl sites for hydroxylation is 1. The molecule has 2 aromatic heterocycles. The Labute approximate surface area is 228 Å². The Hall–Kier alpha value is -4.14. The summed E-state index contributed by atoms with van der Waals surface area (Å²) in [4.78, 5) is 24.7. The summed E-state index contributed by atoms with van der Waals surface area (Å²) in [7, 11) is 3.55. The molecule has 1 saturated carbocycles. The third-order valence-electron chi connectivity index (χ3n) is 7.72. The number of anilines is 1. The number of carbonyl (C=O) groups is 1. The Bertz CT molecular complexity index is 1470. The number of piperidine rings is 1. The number of carbonyl (C=O) groups excluding carboxylic acids is 1. The van der Waals surface area contributed by atoms with Gasteiger partial charge in [-0.05, 0) is 61.8 Å². The Kier molecular flexibility index (Phi) is 7.04. The molecule has 0 unspecified atom stereocenters. The van der Waals surface area contributed by atoms with Gasteiger partial charge in [-0.2, -0.15) is 5.10 Å². The maximum absolute atomic E-state index is 13.0. The predicted molar refractivity (Wildman–Crippen MR) is 150 cm³/mol. The van der Waals surface area contributed by atoms with Crippen molar-refractivity contribution in [2.24, 2.45) is 18.9 Å². The van der Waals surface area contributed by atoms with Crippen LogP contribution in [0.4, 0.5) is 5.82 Å². The van der Waals surface area contributed by atoms with Crippen LogP contribution in [0.15, 0.2) is 54.9 Å². The number of fused-ring (bicyclic) bond motifs is 1. The minimum absolute atomic E-state index is 0.0994. The van der Waals surface area contributed by atoms with Crippen LogP contribution in [0.5, 0.6) is 11.5 Å². The lowest BCUT2D eigenvalue weighted by Crippen LogP contribution is -2.39. The SMILES string of the molecule is COc1cc(OCC2CC2)cc(C(=O)NCC2CCN(c3ccnc(-c4cccc5c4cnn5C)n3)CC2)c1. The van der Waals surface area contributed by atoms with Gasteiger partial charge < -0.3 is 19.7 Å². The fraction of sp³-hybridized carbons (Fsp3) is 0.400. The van der Waals surface area contributed by atoms with Crippen LogP contribution in [-0.2, 0) is 7.05 Å². The number of methoxy groups -OCH3 is 1. The van der Waals surface area contributed by atoms with Crippen molar-refractivity contribution in [2.45, 2.75) is 25.7 Å². The molecule has 1 aliphatic carbocycles. The van der Waals surface area contributed by atoms with E-state index >= 15 is 0 Å². The standard InChI is InChI=1S/C30H34N6O3/c1-35-27-5-3-4-25(26(27)18-33-35)29-31-11-8-28(34-29)36-12-9-20(10-13-36)17-32-30(37)22-14-23(38-2)16-24(15-22)39-19-21-6-7-21/h3-5,8,11,14-16,18,20-21H,6-7,9-10,12-13,17,19H2,1-2H3,(H,32,37). The molecule has 39 heavy (non-hydrogen) atoms. The molecule has 6 rings (SSSR count). The monoisotopic (exact) mass is 526 g/mol. The fourth-order valence-corrected chi connectivity index (χ4v) is 5.14. The van der Waals surface area contributed by atoms with Crippen LogP contribution < -0.4 is 19.7 Å². The van der Waals surface area contributed by atoms with Crippen molar-refractivity contribution in [3.05, 3.63) is 60.4 Å². The molecular formula is C30H34N6O3. The second-order valence-corrected chi connectivity index (χ2v) is 10.5. The molecule has 1 saturated heterocycles. The van der Waals surface area contributed by atoms with Crippen LogP contribution >= 0.6 is 0 Å². The van der Waals surface area contributed by atoms with E-state index < -0.39 is 0 Å². The first-order valence-electron chi connectivity index (χ1n) is 13.7. The van der Waals surface area contributed by atoms with Gasteiger partial charge in [0.2, 0.25) is 0 Å². The zero-order valence-electron chi connectivity index (χ0n) is 22.5. The molecule has 0 atom stereocenters. The normalized spacial score (nSPS) is 15.9. The van der Waals surface area contributed by atoms with Gasteiger partial charge in [-0.3, -0.25) is 9.48 Å². The summed E-state index contributed by atoms with van der Waals surface area (Å²) >= 11 is 0. The van der Waals surface area contributed by atoms with Gasteiger partial charge in [0.15, 0.2) is 5.82 Å². The lowest BCUT2D eigenvalue weighted by molar-refractivity contribution is 0.0944. The van der Waals surface area contributed by atoms with Gasteiger partial charge in [-0.25, -0.2) is 9.97 Å². The summed E-state index contributed by atoms with van der Waals surface area (Å²) in [6.45, 7) is 3.10. The summed E-state index contributed by atoms with van der Waals surface area (Å²) in [5, 5.41) is 8.56. The first kappa shape index (κ1) is 25.2. The van der Waals surface area contributed by atoms with Crippen molar-refractivity contribution in [2.75, 3.05) is 38.3 Å². The van der Waals surface area contributed by atoms with Gasteiger partial charge in [-0.15, -0.1) is 0 Å². The zero-order chi connectivity index (χ0) is 26.8. The third kappa shape index (κ3) is 5.67. The van der Waals surface area contributed by atoms with Crippen molar-refractivity contribution in [3.8, 4) is 22.9 Å². The van der Waals surface area contributed by atoms with E-state index in [1.165, 1.54) is 12.8 Å². The summed E-state index contributed by atoms with van der Waals surface area (Å²) < 4.78 is 13.1. The summed E-state index contributed by atoms with van der Waals surface area (Å²) in [5.74, 6) is 3.90. The van der Waals surface area contributed by atoms with Gasteiger partial charge in [-0.1, -0.05) is 12.1 Å². The van der Waals surface area contributed by atoms with Crippen molar-refractivity contribution < 1.29 is 14.3 Å². The molecule has 2 aromatic carbocycles. The molecule has 2 aliphatic rings.